The molecule has 0 aliphatic heterocycles. The molecule has 10 heteroatoms. The normalized spacial score (nSPS) is 11.9. The van der Waals surface area contributed by atoms with Gasteiger partial charge in [0.15, 0.2) is 5.69 Å². The lowest BCUT2D eigenvalue weighted by atomic mass is 10.2. The summed E-state index contributed by atoms with van der Waals surface area (Å²) in [6.45, 7) is 1.61. The summed E-state index contributed by atoms with van der Waals surface area (Å²) in [6, 6.07) is 3.04. The Bertz CT molecular complexity index is 880. The standard InChI is InChI=1S/C13H17N5O4S/c1-8-10(18(3)23(5,20)21)7-6-9(14-8)11-12(13(19)22-4)17(2)16-15-11/h6-7H,1-5H3/i3D. The van der Waals surface area contributed by atoms with Crippen molar-refractivity contribution in [2.75, 3.05) is 24.7 Å². The molecule has 2 heterocycles. The van der Waals surface area contributed by atoms with Gasteiger partial charge in [0, 0.05) is 15.4 Å². The van der Waals surface area contributed by atoms with E-state index < -0.39 is 23.0 Å². The van der Waals surface area contributed by atoms with E-state index in [0.717, 1.165) is 10.6 Å². The second-order valence-electron chi connectivity index (χ2n) is 4.81. The van der Waals surface area contributed by atoms with Crippen molar-refractivity contribution in [3.8, 4) is 11.4 Å². The number of hydrogen-bond acceptors (Lipinski definition) is 7. The van der Waals surface area contributed by atoms with Crippen LogP contribution in [0.5, 0.6) is 0 Å². The molecule has 0 saturated carbocycles. The number of aromatic nitrogens is 4. The third-order valence-electron chi connectivity index (χ3n) is 3.18. The van der Waals surface area contributed by atoms with Crippen molar-refractivity contribution in [3.63, 3.8) is 0 Å². The monoisotopic (exact) mass is 340 g/mol. The molecule has 0 spiro atoms. The number of hydrogen-bond donors (Lipinski definition) is 0. The first kappa shape index (κ1) is 15.4. The van der Waals surface area contributed by atoms with Gasteiger partial charge in [-0.15, -0.1) is 5.10 Å². The van der Waals surface area contributed by atoms with Crippen LogP contribution in [0.15, 0.2) is 12.1 Å². The zero-order valence-corrected chi connectivity index (χ0v) is 14.0. The molecule has 0 aliphatic rings. The van der Waals surface area contributed by atoms with Crippen molar-refractivity contribution in [2.24, 2.45) is 7.05 Å². The third kappa shape index (κ3) is 3.16. The highest BCUT2D eigenvalue weighted by molar-refractivity contribution is 7.92. The second-order valence-corrected chi connectivity index (χ2v) is 6.72. The Labute approximate surface area is 135 Å². The van der Waals surface area contributed by atoms with E-state index >= 15 is 0 Å². The highest BCUT2D eigenvalue weighted by Gasteiger charge is 2.23. The van der Waals surface area contributed by atoms with E-state index in [1.807, 2.05) is 0 Å². The van der Waals surface area contributed by atoms with Crippen LogP contribution >= 0.6 is 0 Å². The van der Waals surface area contributed by atoms with Crippen molar-refractivity contribution in [1.29, 1.82) is 0 Å². The Morgan fingerprint density at radius 3 is 2.65 bits per heavy atom. The largest absolute Gasteiger partial charge is 0.464 e. The average molecular weight is 340 g/mol. The van der Waals surface area contributed by atoms with Gasteiger partial charge in [-0.3, -0.25) is 4.31 Å². The number of nitrogens with zero attached hydrogens (tertiary/aromatic N) is 5. The highest BCUT2D eigenvalue weighted by Crippen LogP contribution is 2.25. The van der Waals surface area contributed by atoms with Gasteiger partial charge in [-0.2, -0.15) is 0 Å². The fraction of sp³-hybridized carbons (Fsp3) is 0.385. The predicted molar refractivity (Wildman–Crippen MR) is 83.6 cm³/mol. The first-order chi connectivity index (χ1) is 11.2. The number of carbonyl (C=O) groups excluding carboxylic acids is 1. The van der Waals surface area contributed by atoms with Crippen LogP contribution < -0.4 is 4.31 Å². The number of aryl methyl sites for hydroxylation is 2. The maximum Gasteiger partial charge on any atom is 0.358 e. The fourth-order valence-electron chi connectivity index (χ4n) is 1.98. The van der Waals surface area contributed by atoms with Crippen LogP contribution in [0.2, 0.25) is 0 Å². The lowest BCUT2D eigenvalue weighted by molar-refractivity contribution is 0.0589. The minimum Gasteiger partial charge on any atom is -0.464 e. The maximum absolute atomic E-state index is 11.9. The maximum atomic E-state index is 11.9. The van der Waals surface area contributed by atoms with Crippen LogP contribution in [0.4, 0.5) is 5.69 Å². The molecule has 23 heavy (non-hydrogen) atoms. The third-order valence-corrected chi connectivity index (χ3v) is 4.17. The van der Waals surface area contributed by atoms with E-state index in [1.54, 1.807) is 14.0 Å². The lowest BCUT2D eigenvalue weighted by Gasteiger charge is -2.18. The molecule has 0 saturated heterocycles. The zero-order valence-electron chi connectivity index (χ0n) is 14.1. The van der Waals surface area contributed by atoms with E-state index in [9.17, 15) is 13.2 Å². The summed E-state index contributed by atoms with van der Waals surface area (Å²) < 4.78 is 37.8. The van der Waals surface area contributed by atoms with Gasteiger partial charge in [-0.1, -0.05) is 5.21 Å². The van der Waals surface area contributed by atoms with Gasteiger partial charge in [0.25, 0.3) is 0 Å². The molecule has 2 aromatic heterocycles. The molecule has 0 unspecified atom stereocenters. The molecular formula is C13H17N5O4S. The summed E-state index contributed by atoms with van der Waals surface area (Å²) in [6.07, 6.45) is 1.02. The molecular weight excluding hydrogens is 322 g/mol. The van der Waals surface area contributed by atoms with Crippen LogP contribution in [0.1, 0.15) is 17.6 Å². The SMILES string of the molecule is [2H]CN(c1ccc(-c2nnn(C)c2C(=O)OC)nc1C)S(C)(=O)=O. The van der Waals surface area contributed by atoms with E-state index in [4.69, 9.17) is 6.11 Å². The number of sulfonamides is 1. The fourth-order valence-corrected chi connectivity index (χ4v) is 2.53. The number of methoxy groups -OCH3 is 1. The number of carbonyl (C=O) groups is 1. The Kier molecular flexibility index (Phi) is 3.99. The zero-order chi connectivity index (χ0) is 18.1. The summed E-state index contributed by atoms with van der Waals surface area (Å²) in [5.74, 6) is -0.607. The molecule has 0 atom stereocenters. The van der Waals surface area contributed by atoms with Crippen molar-refractivity contribution in [1.82, 2.24) is 20.0 Å². The number of rotatable bonds is 4. The van der Waals surface area contributed by atoms with Crippen molar-refractivity contribution in [3.05, 3.63) is 23.5 Å². The molecule has 0 fully saturated rings. The predicted octanol–water partition coefficient (Wildman–Crippen LogP) is 0.368. The first-order valence-electron chi connectivity index (χ1n) is 7.14. The van der Waals surface area contributed by atoms with Gasteiger partial charge < -0.3 is 4.74 Å². The van der Waals surface area contributed by atoms with Crippen LogP contribution in [0.3, 0.4) is 0 Å². The summed E-state index contributed by atoms with van der Waals surface area (Å²) >= 11 is 0. The van der Waals surface area contributed by atoms with Crippen molar-refractivity contribution < 1.29 is 19.3 Å². The van der Waals surface area contributed by atoms with Crippen molar-refractivity contribution in [2.45, 2.75) is 6.92 Å². The molecule has 0 aromatic carbocycles. The summed E-state index contributed by atoms with van der Waals surface area (Å²) in [5, 5.41) is 7.71. The number of esters is 1. The van der Waals surface area contributed by atoms with Crippen LogP contribution in [0.25, 0.3) is 11.4 Å². The Hall–Kier alpha value is -2.49. The molecule has 0 radical (unpaired) electrons. The molecule has 0 amide bonds. The van der Waals surface area contributed by atoms with Crippen LogP contribution in [-0.2, 0) is 21.8 Å². The minimum atomic E-state index is -3.59. The minimum absolute atomic E-state index is 0.137. The molecule has 124 valence electrons. The van der Waals surface area contributed by atoms with E-state index in [-0.39, 0.29) is 11.4 Å². The van der Waals surface area contributed by atoms with Gasteiger partial charge in [0.1, 0.15) is 5.69 Å². The quantitative estimate of drug-likeness (QED) is 0.740. The Morgan fingerprint density at radius 1 is 1.43 bits per heavy atom. The average Bonchev–Trinajstić information content (AvgIpc) is 2.89. The van der Waals surface area contributed by atoms with Crippen molar-refractivity contribution >= 4 is 21.7 Å². The van der Waals surface area contributed by atoms with Gasteiger partial charge in [0.2, 0.25) is 10.0 Å². The Morgan fingerprint density at radius 2 is 2.13 bits per heavy atom. The molecule has 0 N–H and O–H groups in total. The van der Waals surface area contributed by atoms with Crippen LogP contribution in [-0.4, -0.2) is 54.8 Å². The van der Waals surface area contributed by atoms with E-state index in [1.165, 1.54) is 23.9 Å². The number of ether oxygens (including phenoxy) is 1. The lowest BCUT2D eigenvalue weighted by Crippen LogP contribution is -2.25. The summed E-state index contributed by atoms with van der Waals surface area (Å²) in [5.41, 5.74) is 1.39. The van der Waals surface area contributed by atoms with E-state index in [2.05, 4.69) is 15.3 Å². The summed E-state index contributed by atoms with van der Waals surface area (Å²) in [7, 11) is -1.25. The van der Waals surface area contributed by atoms with Gasteiger partial charge in [-0.05, 0) is 19.1 Å². The summed E-state index contributed by atoms with van der Waals surface area (Å²) in [4.78, 5) is 16.2. The van der Waals surface area contributed by atoms with Crippen LogP contribution in [0, 0.1) is 6.92 Å². The van der Waals surface area contributed by atoms with Gasteiger partial charge in [0.05, 0.1) is 30.4 Å². The molecule has 0 aliphatic carbocycles. The number of pyridine rings is 1. The number of anilines is 1. The van der Waals surface area contributed by atoms with E-state index in [0.29, 0.717) is 17.1 Å². The Balaban J connectivity index is 2.54. The smallest absolute Gasteiger partial charge is 0.358 e. The first-order valence-corrected chi connectivity index (χ1v) is 8.28. The molecule has 2 aromatic rings. The van der Waals surface area contributed by atoms with Gasteiger partial charge >= 0.3 is 5.97 Å². The molecule has 2 rings (SSSR count). The topological polar surface area (TPSA) is 107 Å². The second kappa shape index (κ2) is 5.95. The molecule has 0 bridgehead atoms. The molecule has 9 nitrogen and oxygen atoms in total. The van der Waals surface area contributed by atoms with Gasteiger partial charge in [-0.25, -0.2) is 22.9 Å². The highest BCUT2D eigenvalue weighted by atomic mass is 32.2.